The molecule has 3 rings (SSSR count). The fourth-order valence-electron chi connectivity index (χ4n) is 3.07. The molecule has 0 aliphatic heterocycles. The summed E-state index contributed by atoms with van der Waals surface area (Å²) in [6.07, 6.45) is 0.918. The van der Waals surface area contributed by atoms with Gasteiger partial charge in [-0.2, -0.15) is 0 Å². The third-order valence-corrected chi connectivity index (χ3v) is 4.56. The second kappa shape index (κ2) is 9.60. The summed E-state index contributed by atoms with van der Waals surface area (Å²) in [5, 5.41) is 6.22. The Morgan fingerprint density at radius 2 is 1.68 bits per heavy atom. The zero-order valence-electron chi connectivity index (χ0n) is 16.4. The number of amides is 1. The first kappa shape index (κ1) is 19.5. The van der Waals surface area contributed by atoms with E-state index < -0.39 is 0 Å². The van der Waals surface area contributed by atoms with Crippen molar-refractivity contribution in [1.29, 1.82) is 0 Å². The van der Waals surface area contributed by atoms with Crippen LogP contribution in [0.5, 0.6) is 5.75 Å². The molecule has 28 heavy (non-hydrogen) atoms. The van der Waals surface area contributed by atoms with E-state index in [0.29, 0.717) is 18.0 Å². The highest BCUT2D eigenvalue weighted by atomic mass is 16.5. The molecular weight excluding hydrogens is 348 g/mol. The number of nitrogens with one attached hydrogen (secondary N) is 2. The van der Waals surface area contributed by atoms with Crippen LogP contribution < -0.4 is 15.4 Å². The van der Waals surface area contributed by atoms with Gasteiger partial charge in [-0.25, -0.2) is 0 Å². The van der Waals surface area contributed by atoms with Crippen molar-refractivity contribution in [3.8, 4) is 5.75 Å². The monoisotopic (exact) mass is 374 g/mol. The SMILES string of the molecule is CCc1cccc(C)c1NCC(=O)Nc1ccccc1OCc1ccccc1. The first-order valence-corrected chi connectivity index (χ1v) is 9.55. The van der Waals surface area contributed by atoms with Crippen LogP contribution in [0.3, 0.4) is 0 Å². The molecule has 0 aliphatic rings. The van der Waals surface area contributed by atoms with E-state index in [1.165, 1.54) is 5.56 Å². The number of aryl methyl sites for hydroxylation is 2. The predicted octanol–water partition coefficient (Wildman–Crippen LogP) is 5.19. The molecule has 0 aliphatic carbocycles. The van der Waals surface area contributed by atoms with Gasteiger partial charge in [0, 0.05) is 5.69 Å². The van der Waals surface area contributed by atoms with Crippen molar-refractivity contribution in [2.24, 2.45) is 0 Å². The third-order valence-electron chi connectivity index (χ3n) is 4.56. The van der Waals surface area contributed by atoms with Crippen molar-refractivity contribution < 1.29 is 9.53 Å². The lowest BCUT2D eigenvalue weighted by molar-refractivity contribution is -0.114. The predicted molar refractivity (Wildman–Crippen MR) is 115 cm³/mol. The van der Waals surface area contributed by atoms with Crippen molar-refractivity contribution in [2.75, 3.05) is 17.2 Å². The Kier molecular flexibility index (Phi) is 6.68. The molecule has 0 saturated carbocycles. The van der Waals surface area contributed by atoms with Crippen LogP contribution >= 0.6 is 0 Å². The van der Waals surface area contributed by atoms with Crippen LogP contribution in [-0.4, -0.2) is 12.5 Å². The van der Waals surface area contributed by atoms with Gasteiger partial charge in [0.2, 0.25) is 5.91 Å². The fourth-order valence-corrected chi connectivity index (χ4v) is 3.07. The van der Waals surface area contributed by atoms with Gasteiger partial charge in [0.15, 0.2) is 0 Å². The van der Waals surface area contributed by atoms with Crippen LogP contribution in [0.25, 0.3) is 0 Å². The summed E-state index contributed by atoms with van der Waals surface area (Å²) in [6, 6.07) is 23.6. The summed E-state index contributed by atoms with van der Waals surface area (Å²) in [4.78, 5) is 12.5. The smallest absolute Gasteiger partial charge is 0.243 e. The molecule has 0 bridgehead atoms. The summed E-state index contributed by atoms with van der Waals surface area (Å²) >= 11 is 0. The second-order valence-corrected chi connectivity index (χ2v) is 6.63. The number of anilines is 2. The van der Waals surface area contributed by atoms with Gasteiger partial charge in [0.1, 0.15) is 12.4 Å². The van der Waals surface area contributed by atoms with Crippen LogP contribution in [-0.2, 0) is 17.8 Å². The van der Waals surface area contributed by atoms with E-state index in [9.17, 15) is 4.79 Å². The van der Waals surface area contributed by atoms with Crippen molar-refractivity contribution >= 4 is 17.3 Å². The molecule has 3 aromatic rings. The van der Waals surface area contributed by atoms with Gasteiger partial charge in [-0.15, -0.1) is 0 Å². The summed E-state index contributed by atoms with van der Waals surface area (Å²) in [5.74, 6) is 0.547. The molecule has 0 heterocycles. The Morgan fingerprint density at radius 3 is 2.46 bits per heavy atom. The molecule has 0 unspecified atom stereocenters. The molecule has 0 fully saturated rings. The van der Waals surface area contributed by atoms with E-state index in [1.807, 2.05) is 73.7 Å². The van der Waals surface area contributed by atoms with Gasteiger partial charge in [0.05, 0.1) is 12.2 Å². The molecule has 0 atom stereocenters. The molecule has 0 spiro atoms. The minimum Gasteiger partial charge on any atom is -0.487 e. The number of ether oxygens (including phenoxy) is 1. The molecular formula is C24H26N2O2. The number of carbonyl (C=O) groups excluding carboxylic acids is 1. The quantitative estimate of drug-likeness (QED) is 0.571. The first-order chi connectivity index (χ1) is 13.7. The number of benzene rings is 3. The summed E-state index contributed by atoms with van der Waals surface area (Å²) < 4.78 is 5.91. The average Bonchev–Trinajstić information content (AvgIpc) is 2.73. The number of hydrogen-bond acceptors (Lipinski definition) is 3. The summed E-state index contributed by atoms with van der Waals surface area (Å²) in [7, 11) is 0. The molecule has 3 aromatic carbocycles. The van der Waals surface area contributed by atoms with Gasteiger partial charge < -0.3 is 15.4 Å². The maximum Gasteiger partial charge on any atom is 0.243 e. The molecule has 0 aromatic heterocycles. The fraction of sp³-hybridized carbons (Fsp3) is 0.208. The molecule has 1 amide bonds. The molecule has 0 radical (unpaired) electrons. The number of para-hydroxylation sites is 3. The van der Waals surface area contributed by atoms with E-state index >= 15 is 0 Å². The molecule has 144 valence electrons. The lowest BCUT2D eigenvalue weighted by Gasteiger charge is -2.15. The standard InChI is InChI=1S/C24H26N2O2/c1-3-20-13-9-10-18(2)24(20)25-16-23(27)26-21-14-7-8-15-22(21)28-17-19-11-5-4-6-12-19/h4-15,25H,3,16-17H2,1-2H3,(H,26,27). The topological polar surface area (TPSA) is 50.4 Å². The minimum atomic E-state index is -0.110. The van der Waals surface area contributed by atoms with Crippen molar-refractivity contribution in [3.05, 3.63) is 89.5 Å². The maximum atomic E-state index is 12.5. The number of rotatable bonds is 8. The van der Waals surface area contributed by atoms with Crippen LogP contribution in [0.1, 0.15) is 23.6 Å². The zero-order valence-corrected chi connectivity index (χ0v) is 16.4. The van der Waals surface area contributed by atoms with Crippen LogP contribution in [0.2, 0.25) is 0 Å². The summed E-state index contributed by atoms with van der Waals surface area (Å²) in [6.45, 7) is 4.81. The van der Waals surface area contributed by atoms with Gasteiger partial charge >= 0.3 is 0 Å². The Labute approximate surface area is 166 Å². The van der Waals surface area contributed by atoms with Gasteiger partial charge in [-0.1, -0.05) is 67.6 Å². The Hall–Kier alpha value is -3.27. The zero-order chi connectivity index (χ0) is 19.8. The van der Waals surface area contributed by atoms with E-state index in [-0.39, 0.29) is 12.5 Å². The van der Waals surface area contributed by atoms with Gasteiger partial charge in [0.25, 0.3) is 0 Å². The van der Waals surface area contributed by atoms with Crippen LogP contribution in [0.4, 0.5) is 11.4 Å². The normalized spacial score (nSPS) is 10.4. The Morgan fingerprint density at radius 1 is 0.929 bits per heavy atom. The molecule has 4 nitrogen and oxygen atoms in total. The molecule has 2 N–H and O–H groups in total. The van der Waals surface area contributed by atoms with E-state index in [2.05, 4.69) is 23.6 Å². The maximum absolute atomic E-state index is 12.5. The highest BCUT2D eigenvalue weighted by molar-refractivity contribution is 5.95. The van der Waals surface area contributed by atoms with E-state index in [1.54, 1.807) is 0 Å². The first-order valence-electron chi connectivity index (χ1n) is 9.55. The van der Waals surface area contributed by atoms with E-state index in [0.717, 1.165) is 23.2 Å². The van der Waals surface area contributed by atoms with E-state index in [4.69, 9.17) is 4.74 Å². The molecule has 4 heteroatoms. The summed E-state index contributed by atoms with van der Waals surface area (Å²) in [5.41, 5.74) is 5.13. The third kappa shape index (κ3) is 5.13. The minimum absolute atomic E-state index is 0.110. The number of carbonyl (C=O) groups is 1. The Balaban J connectivity index is 1.62. The van der Waals surface area contributed by atoms with Gasteiger partial charge in [-0.3, -0.25) is 4.79 Å². The lowest BCUT2D eigenvalue weighted by atomic mass is 10.1. The van der Waals surface area contributed by atoms with Crippen molar-refractivity contribution in [1.82, 2.24) is 0 Å². The second-order valence-electron chi connectivity index (χ2n) is 6.63. The Bertz CT molecular complexity index is 923. The average molecular weight is 374 g/mol. The largest absolute Gasteiger partial charge is 0.487 e. The number of hydrogen-bond donors (Lipinski definition) is 2. The van der Waals surface area contributed by atoms with Crippen molar-refractivity contribution in [2.45, 2.75) is 26.9 Å². The highest BCUT2D eigenvalue weighted by Gasteiger charge is 2.10. The van der Waals surface area contributed by atoms with Crippen LogP contribution in [0, 0.1) is 6.92 Å². The van der Waals surface area contributed by atoms with Crippen LogP contribution in [0.15, 0.2) is 72.8 Å². The molecule has 0 saturated heterocycles. The highest BCUT2D eigenvalue weighted by Crippen LogP contribution is 2.25. The lowest BCUT2D eigenvalue weighted by Crippen LogP contribution is -2.23. The van der Waals surface area contributed by atoms with Crippen molar-refractivity contribution in [3.63, 3.8) is 0 Å². The van der Waals surface area contributed by atoms with Gasteiger partial charge in [-0.05, 0) is 42.2 Å².